The van der Waals surface area contributed by atoms with E-state index in [-0.39, 0.29) is 18.2 Å². The van der Waals surface area contributed by atoms with Gasteiger partial charge in [0.05, 0.1) is 6.61 Å². The highest BCUT2D eigenvalue weighted by molar-refractivity contribution is 14.1. The Bertz CT molecular complexity index is 643. The van der Waals surface area contributed by atoms with E-state index < -0.39 is 16.5 Å². The molecule has 5 nitrogen and oxygen atoms in total. The van der Waals surface area contributed by atoms with Crippen LogP contribution in [0.15, 0.2) is 23.7 Å². The van der Waals surface area contributed by atoms with E-state index in [1.54, 1.807) is 18.4 Å². The van der Waals surface area contributed by atoms with E-state index in [9.17, 15) is 13.6 Å². The highest BCUT2D eigenvalue weighted by atomic mass is 127. The molecule has 2 aromatic rings. The van der Waals surface area contributed by atoms with Crippen LogP contribution in [0.2, 0.25) is 0 Å². The van der Waals surface area contributed by atoms with E-state index in [4.69, 9.17) is 9.47 Å². The Hall–Kier alpha value is -1.36. The van der Waals surface area contributed by atoms with Gasteiger partial charge < -0.3 is 9.47 Å². The number of rotatable bonds is 6. The molecular formula is C13H11F2IN2O3S. The summed E-state index contributed by atoms with van der Waals surface area (Å²) in [6.07, 6.45) is 1.45. The number of alkyl halides is 3. The van der Waals surface area contributed by atoms with Gasteiger partial charge in [-0.2, -0.15) is 8.78 Å². The van der Waals surface area contributed by atoms with Gasteiger partial charge in [-0.1, -0.05) is 0 Å². The first-order chi connectivity index (χ1) is 10.4. The van der Waals surface area contributed by atoms with Crippen LogP contribution in [-0.4, -0.2) is 33.1 Å². The minimum absolute atomic E-state index is 0.0993. The minimum Gasteiger partial charge on any atom is -0.470 e. The number of nitrogens with zero attached hydrogens (tertiary/aromatic N) is 2. The van der Waals surface area contributed by atoms with Gasteiger partial charge in [0.25, 0.3) is 0 Å². The van der Waals surface area contributed by atoms with E-state index in [0.717, 1.165) is 22.6 Å². The fourth-order valence-electron chi connectivity index (χ4n) is 1.45. The van der Waals surface area contributed by atoms with Gasteiger partial charge in [0.15, 0.2) is 12.3 Å². The number of carbonyl (C=O) groups excluding carboxylic acids is 1. The molecule has 2 heterocycles. The summed E-state index contributed by atoms with van der Waals surface area (Å²) in [6.45, 7) is 1.25. The van der Waals surface area contributed by atoms with Gasteiger partial charge in [0.2, 0.25) is 5.88 Å². The second kappa shape index (κ2) is 7.27. The molecule has 0 saturated heterocycles. The summed E-state index contributed by atoms with van der Waals surface area (Å²) >= 11 is 2.26. The van der Waals surface area contributed by atoms with Crippen LogP contribution in [0, 0.1) is 0 Å². The number of hydrogen-bond donors (Lipinski definition) is 0. The molecule has 0 fully saturated rings. The molecule has 2 rings (SSSR count). The third-order valence-corrected chi connectivity index (χ3v) is 3.56. The molecule has 0 aromatic carbocycles. The molecule has 0 atom stereocenters. The van der Waals surface area contributed by atoms with Crippen LogP contribution in [0.25, 0.3) is 10.6 Å². The maximum atomic E-state index is 12.7. The van der Waals surface area contributed by atoms with E-state index in [1.807, 2.05) is 0 Å². The second-order valence-corrected chi connectivity index (χ2v) is 6.48. The van der Waals surface area contributed by atoms with Crippen molar-refractivity contribution < 1.29 is 23.0 Å². The van der Waals surface area contributed by atoms with Crippen LogP contribution in [0.1, 0.15) is 17.4 Å². The van der Waals surface area contributed by atoms with Gasteiger partial charge >= 0.3 is 9.90 Å². The molecule has 0 aliphatic carbocycles. The lowest BCUT2D eigenvalue weighted by atomic mass is 10.3. The Kier molecular flexibility index (Phi) is 5.62. The van der Waals surface area contributed by atoms with Crippen molar-refractivity contribution in [1.29, 1.82) is 0 Å². The van der Waals surface area contributed by atoms with Crippen molar-refractivity contribution in [2.45, 2.75) is 10.9 Å². The average Bonchev–Trinajstić information content (AvgIpc) is 2.95. The zero-order valence-corrected chi connectivity index (χ0v) is 14.4. The molecule has 0 unspecified atom stereocenters. The van der Waals surface area contributed by atoms with Crippen molar-refractivity contribution in [3.63, 3.8) is 0 Å². The molecule has 0 aliphatic rings. The van der Waals surface area contributed by atoms with E-state index in [2.05, 4.69) is 9.97 Å². The maximum Gasteiger partial charge on any atom is 0.357 e. The van der Waals surface area contributed by atoms with Crippen molar-refractivity contribution in [2.75, 3.05) is 13.2 Å². The molecule has 9 heteroatoms. The van der Waals surface area contributed by atoms with Gasteiger partial charge in [-0.15, -0.1) is 11.3 Å². The Morgan fingerprint density at radius 3 is 2.82 bits per heavy atom. The van der Waals surface area contributed by atoms with Crippen molar-refractivity contribution in [2.24, 2.45) is 0 Å². The number of thiazole rings is 1. The number of esters is 1. The van der Waals surface area contributed by atoms with Crippen molar-refractivity contribution in [3.8, 4) is 16.5 Å². The van der Waals surface area contributed by atoms with Crippen LogP contribution in [-0.2, 0) is 4.74 Å². The first kappa shape index (κ1) is 17.0. The molecule has 22 heavy (non-hydrogen) atoms. The van der Waals surface area contributed by atoms with Crippen LogP contribution >= 0.6 is 33.9 Å². The predicted molar refractivity (Wildman–Crippen MR) is 85.8 cm³/mol. The molecule has 0 radical (unpaired) electrons. The number of ether oxygens (including phenoxy) is 2. The normalized spacial score (nSPS) is 11.3. The van der Waals surface area contributed by atoms with E-state index in [1.165, 1.54) is 23.6 Å². The summed E-state index contributed by atoms with van der Waals surface area (Å²) < 4.78 is 32.1. The van der Waals surface area contributed by atoms with Crippen molar-refractivity contribution in [3.05, 3.63) is 29.4 Å². The fourth-order valence-corrected chi connectivity index (χ4v) is 2.39. The first-order valence-corrected chi connectivity index (χ1v) is 8.13. The first-order valence-electron chi connectivity index (χ1n) is 6.17. The lowest BCUT2D eigenvalue weighted by Gasteiger charge is -2.09. The smallest absolute Gasteiger partial charge is 0.357 e. The number of hydrogen-bond acceptors (Lipinski definition) is 6. The molecule has 0 spiro atoms. The van der Waals surface area contributed by atoms with Crippen LogP contribution in [0.5, 0.6) is 5.88 Å². The van der Waals surface area contributed by atoms with Gasteiger partial charge in [-0.05, 0) is 13.0 Å². The zero-order valence-electron chi connectivity index (χ0n) is 11.4. The summed E-state index contributed by atoms with van der Waals surface area (Å²) in [7, 11) is 0. The van der Waals surface area contributed by atoms with Crippen molar-refractivity contribution in [1.82, 2.24) is 9.97 Å². The van der Waals surface area contributed by atoms with Gasteiger partial charge in [0.1, 0.15) is 5.01 Å². The van der Waals surface area contributed by atoms with Crippen molar-refractivity contribution >= 4 is 39.9 Å². The van der Waals surface area contributed by atoms with Gasteiger partial charge in [-0.3, -0.25) is 0 Å². The number of pyridine rings is 1. The maximum absolute atomic E-state index is 12.7. The summed E-state index contributed by atoms with van der Waals surface area (Å²) in [5.41, 5.74) is 0.890. The van der Waals surface area contributed by atoms with Gasteiger partial charge in [0, 0.05) is 45.8 Å². The third kappa shape index (κ3) is 4.83. The van der Waals surface area contributed by atoms with Crippen LogP contribution < -0.4 is 4.74 Å². The molecule has 118 valence electrons. The third-order valence-electron chi connectivity index (χ3n) is 2.36. The average molecular weight is 440 g/mol. The molecular weight excluding hydrogens is 429 g/mol. The Labute approximate surface area is 142 Å². The lowest BCUT2D eigenvalue weighted by Crippen LogP contribution is -2.17. The summed E-state index contributed by atoms with van der Waals surface area (Å²) in [6, 6.07) is 3.12. The molecule has 0 N–H and O–H groups in total. The Morgan fingerprint density at radius 2 is 2.23 bits per heavy atom. The monoisotopic (exact) mass is 440 g/mol. The quantitative estimate of drug-likeness (QED) is 0.389. The summed E-state index contributed by atoms with van der Waals surface area (Å²) in [5, 5.41) is 2.18. The molecule has 0 amide bonds. The Balaban J connectivity index is 2.06. The van der Waals surface area contributed by atoms with E-state index in [0.29, 0.717) is 10.6 Å². The standard InChI is InChI=1S/C13H11F2IN2O3S/c1-2-20-12(19)9-6-22-11(18-9)8-3-4-10(17-5-8)21-7-13(14,15)16/h3-6H,2,7H2,1H3. The second-order valence-electron chi connectivity index (χ2n) is 4.05. The molecule has 0 aliphatic heterocycles. The highest BCUT2D eigenvalue weighted by Gasteiger charge is 2.25. The topological polar surface area (TPSA) is 61.3 Å². The minimum atomic E-state index is -2.94. The number of carbonyl (C=O) groups is 1. The molecule has 0 saturated carbocycles. The lowest BCUT2D eigenvalue weighted by molar-refractivity contribution is 0.0520. The summed E-state index contributed by atoms with van der Waals surface area (Å²) in [4.78, 5) is 19.6. The predicted octanol–water partition coefficient (Wildman–Crippen LogP) is 3.79. The fraction of sp³-hybridized carbons (Fsp3) is 0.308. The molecule has 0 bridgehead atoms. The van der Waals surface area contributed by atoms with E-state index >= 15 is 0 Å². The Morgan fingerprint density at radius 1 is 1.45 bits per heavy atom. The SMILES string of the molecule is CCOC(=O)c1csc(-c2ccc(OCC(F)(F)I)nc2)n1. The van der Waals surface area contributed by atoms with Gasteiger partial charge in [-0.25, -0.2) is 14.8 Å². The highest BCUT2D eigenvalue weighted by Crippen LogP contribution is 2.26. The van der Waals surface area contributed by atoms with Crippen LogP contribution in [0.3, 0.4) is 0 Å². The van der Waals surface area contributed by atoms with Crippen LogP contribution in [0.4, 0.5) is 8.78 Å². The molecule has 2 aromatic heterocycles. The summed E-state index contributed by atoms with van der Waals surface area (Å²) in [5.74, 6) is -0.385. The zero-order chi connectivity index (χ0) is 16.2. The number of aromatic nitrogens is 2. The largest absolute Gasteiger partial charge is 0.470 e. The number of halogens is 3.